The number of hydrogen-bond donors (Lipinski definition) is 2. The van der Waals surface area contributed by atoms with Crippen LogP contribution in [0.5, 0.6) is 0 Å². The van der Waals surface area contributed by atoms with Crippen LogP contribution in [-0.2, 0) is 19.1 Å². The maximum atomic E-state index is 12.5. The summed E-state index contributed by atoms with van der Waals surface area (Å²) in [6.07, 6.45) is 13.5. The Labute approximate surface area is 237 Å². The van der Waals surface area contributed by atoms with E-state index in [9.17, 15) is 24.6 Å². The Bertz CT molecular complexity index is 871. The Balaban J connectivity index is 2.33. The predicted octanol–water partition coefficient (Wildman–Crippen LogP) is 6.40. The van der Waals surface area contributed by atoms with Gasteiger partial charge in [0.05, 0.1) is 18.1 Å². The van der Waals surface area contributed by atoms with Crippen LogP contribution in [0, 0.1) is 35.5 Å². The Morgan fingerprint density at radius 1 is 0.974 bits per heavy atom. The Morgan fingerprint density at radius 2 is 1.62 bits per heavy atom. The van der Waals surface area contributed by atoms with Crippen molar-refractivity contribution in [2.75, 3.05) is 0 Å². The van der Waals surface area contributed by atoms with Gasteiger partial charge >= 0.3 is 5.97 Å². The van der Waals surface area contributed by atoms with E-state index >= 15 is 0 Å². The second kappa shape index (κ2) is 17.6. The molecule has 0 spiro atoms. The molecule has 0 aliphatic carbocycles. The van der Waals surface area contributed by atoms with Gasteiger partial charge in [0.15, 0.2) is 0 Å². The fraction of sp³-hybridized carbons (Fsp3) is 0.727. The van der Waals surface area contributed by atoms with Crippen molar-refractivity contribution in [3.63, 3.8) is 0 Å². The normalized spacial score (nSPS) is 26.3. The molecule has 0 radical (unpaired) electrons. The van der Waals surface area contributed by atoms with Gasteiger partial charge in [0, 0.05) is 30.6 Å². The molecule has 0 amide bonds. The summed E-state index contributed by atoms with van der Waals surface area (Å²) in [7, 11) is 0. The van der Waals surface area contributed by atoms with E-state index in [0.29, 0.717) is 24.7 Å². The van der Waals surface area contributed by atoms with Gasteiger partial charge in [-0.1, -0.05) is 70.6 Å². The predicted molar refractivity (Wildman–Crippen MR) is 157 cm³/mol. The van der Waals surface area contributed by atoms with Crippen molar-refractivity contribution in [2.24, 2.45) is 35.5 Å². The first kappa shape index (κ1) is 35.0. The Kier molecular flexibility index (Phi) is 15.8. The standard InChI is InChI=1S/C33H54O6/c1-21(15-12-16-23(3)19-24(4)28(8)34)13-10-9-11-14-22(2)17-18-29(35)20-30(36)25(5)32-26(6)31(37)27(7)33(38)39-32/h10,12-14,16,21,23-27,30-32,36-37H,9,11,15,17-20H2,1-8H3/b13-10+,16-12+,22-14+/t21-,23-,24-,25-,26+,27+,30+,31-,32+/m1/s1. The Hall–Kier alpha value is -2.05. The molecule has 39 heavy (non-hydrogen) atoms. The molecule has 6 nitrogen and oxygen atoms in total. The van der Waals surface area contributed by atoms with Gasteiger partial charge in [0.25, 0.3) is 0 Å². The first-order valence-electron chi connectivity index (χ1n) is 14.8. The summed E-state index contributed by atoms with van der Waals surface area (Å²) in [6, 6.07) is 0. The highest BCUT2D eigenvalue weighted by Gasteiger charge is 2.44. The number of rotatable bonds is 17. The van der Waals surface area contributed by atoms with Gasteiger partial charge in [-0.2, -0.15) is 0 Å². The smallest absolute Gasteiger partial charge is 0.311 e. The van der Waals surface area contributed by atoms with Crippen LogP contribution >= 0.6 is 0 Å². The van der Waals surface area contributed by atoms with Crippen molar-refractivity contribution in [3.8, 4) is 0 Å². The number of unbranched alkanes of at least 4 members (excludes halogenated alkanes) is 1. The van der Waals surface area contributed by atoms with E-state index < -0.39 is 36.1 Å². The number of cyclic esters (lactones) is 1. The van der Waals surface area contributed by atoms with Gasteiger partial charge in [0.2, 0.25) is 0 Å². The zero-order chi connectivity index (χ0) is 29.7. The van der Waals surface area contributed by atoms with Crippen LogP contribution in [0.25, 0.3) is 0 Å². The number of ketones is 2. The van der Waals surface area contributed by atoms with Crippen LogP contribution in [0.4, 0.5) is 0 Å². The van der Waals surface area contributed by atoms with Crippen molar-refractivity contribution in [1.82, 2.24) is 0 Å². The number of Topliss-reactive ketones (excluding diaryl/α,β-unsaturated/α-hetero) is 2. The van der Waals surface area contributed by atoms with Crippen molar-refractivity contribution in [2.45, 2.75) is 119 Å². The molecule has 1 rings (SSSR count). The molecule has 0 bridgehead atoms. The molecule has 222 valence electrons. The second-order valence-electron chi connectivity index (χ2n) is 12.1. The van der Waals surface area contributed by atoms with E-state index in [1.807, 2.05) is 20.8 Å². The molecule has 2 N–H and O–H groups in total. The molecular formula is C33H54O6. The van der Waals surface area contributed by atoms with Crippen LogP contribution < -0.4 is 0 Å². The van der Waals surface area contributed by atoms with Crippen molar-refractivity contribution < 1.29 is 29.3 Å². The SMILES string of the molecule is CC(=O)[C@H](C)C[C@H](C)/C=C/C[C@H](C)/C=C/CC/C=C(\C)CCC(=O)C[C@H](O)[C@@H](C)[C@@H]1OC(=O)[C@@H](C)[C@H](O)[C@@H]1C. The molecule has 0 aromatic carbocycles. The fourth-order valence-corrected chi connectivity index (χ4v) is 5.06. The summed E-state index contributed by atoms with van der Waals surface area (Å²) >= 11 is 0. The molecule has 1 aliphatic rings. The quantitative estimate of drug-likeness (QED) is 0.124. The van der Waals surface area contributed by atoms with Gasteiger partial charge < -0.3 is 14.9 Å². The molecule has 1 heterocycles. The minimum absolute atomic E-state index is 0.0161. The lowest BCUT2D eigenvalue weighted by atomic mass is 9.79. The molecule has 0 unspecified atom stereocenters. The van der Waals surface area contributed by atoms with E-state index in [-0.39, 0.29) is 29.8 Å². The van der Waals surface area contributed by atoms with Crippen LogP contribution in [0.1, 0.15) is 100 Å². The molecule has 1 aliphatic heterocycles. The highest BCUT2D eigenvalue weighted by Crippen LogP contribution is 2.32. The number of esters is 1. The van der Waals surface area contributed by atoms with E-state index in [1.54, 1.807) is 20.8 Å². The average molecular weight is 547 g/mol. The number of carbonyl (C=O) groups is 3. The summed E-state index contributed by atoms with van der Waals surface area (Å²) in [4.78, 5) is 35.9. The van der Waals surface area contributed by atoms with Gasteiger partial charge in [-0.05, 0) is 64.7 Å². The molecule has 6 heteroatoms. The zero-order valence-corrected chi connectivity index (χ0v) is 25.6. The molecule has 1 saturated heterocycles. The van der Waals surface area contributed by atoms with E-state index in [1.165, 1.54) is 0 Å². The third-order valence-corrected chi connectivity index (χ3v) is 8.24. The topological polar surface area (TPSA) is 101 Å². The number of hydrogen-bond acceptors (Lipinski definition) is 6. The minimum Gasteiger partial charge on any atom is -0.461 e. The molecular weight excluding hydrogens is 492 g/mol. The number of carbonyl (C=O) groups excluding carboxylic acids is 3. The van der Waals surface area contributed by atoms with Crippen molar-refractivity contribution in [1.29, 1.82) is 0 Å². The van der Waals surface area contributed by atoms with Crippen LogP contribution in [-0.4, -0.2) is 46.1 Å². The summed E-state index contributed by atoms with van der Waals surface area (Å²) < 4.78 is 5.47. The Morgan fingerprint density at radius 3 is 2.26 bits per heavy atom. The highest BCUT2D eigenvalue weighted by molar-refractivity contribution is 5.79. The summed E-state index contributed by atoms with van der Waals surface area (Å²) in [6.45, 7) is 15.3. The molecule has 0 aromatic heterocycles. The van der Waals surface area contributed by atoms with Crippen molar-refractivity contribution in [3.05, 3.63) is 36.0 Å². The lowest BCUT2D eigenvalue weighted by Gasteiger charge is -2.40. The first-order chi connectivity index (χ1) is 18.2. The van der Waals surface area contributed by atoms with Crippen LogP contribution in [0.3, 0.4) is 0 Å². The van der Waals surface area contributed by atoms with Gasteiger partial charge in [0.1, 0.15) is 17.7 Å². The maximum Gasteiger partial charge on any atom is 0.311 e. The molecule has 1 fully saturated rings. The molecule has 0 saturated carbocycles. The number of allylic oxidation sites excluding steroid dienone is 6. The third-order valence-electron chi connectivity index (χ3n) is 8.24. The van der Waals surface area contributed by atoms with Crippen molar-refractivity contribution >= 4 is 17.5 Å². The molecule has 9 atom stereocenters. The second-order valence-corrected chi connectivity index (χ2v) is 12.1. The van der Waals surface area contributed by atoms with Gasteiger partial charge in [-0.3, -0.25) is 14.4 Å². The highest BCUT2D eigenvalue weighted by atomic mass is 16.6. The number of aliphatic hydroxyl groups is 2. The monoisotopic (exact) mass is 546 g/mol. The van der Waals surface area contributed by atoms with E-state index in [0.717, 1.165) is 31.3 Å². The first-order valence-corrected chi connectivity index (χ1v) is 14.8. The maximum absolute atomic E-state index is 12.5. The zero-order valence-electron chi connectivity index (χ0n) is 25.6. The third kappa shape index (κ3) is 12.8. The summed E-state index contributed by atoms with van der Waals surface area (Å²) in [5.74, 6) is -0.555. The van der Waals surface area contributed by atoms with Gasteiger partial charge in [-0.25, -0.2) is 0 Å². The average Bonchev–Trinajstić information content (AvgIpc) is 2.87. The van der Waals surface area contributed by atoms with Crippen LogP contribution in [0.15, 0.2) is 36.0 Å². The lowest BCUT2D eigenvalue weighted by molar-refractivity contribution is -0.186. The largest absolute Gasteiger partial charge is 0.461 e. The summed E-state index contributed by atoms with van der Waals surface area (Å²) in [5, 5.41) is 20.9. The van der Waals surface area contributed by atoms with E-state index in [4.69, 9.17) is 4.74 Å². The van der Waals surface area contributed by atoms with Gasteiger partial charge in [-0.15, -0.1) is 0 Å². The fourth-order valence-electron chi connectivity index (χ4n) is 5.06. The van der Waals surface area contributed by atoms with E-state index in [2.05, 4.69) is 44.2 Å². The minimum atomic E-state index is -0.920. The molecule has 0 aromatic rings. The summed E-state index contributed by atoms with van der Waals surface area (Å²) in [5.41, 5.74) is 1.16. The van der Waals surface area contributed by atoms with Crippen LogP contribution in [0.2, 0.25) is 0 Å². The number of aliphatic hydroxyl groups excluding tert-OH is 2. The number of ether oxygens (including phenoxy) is 1. The lowest BCUT2D eigenvalue weighted by Crippen LogP contribution is -2.51.